The number of amides is 1. The molecule has 0 bridgehead atoms. The first-order valence-corrected chi connectivity index (χ1v) is 10.2. The Balaban J connectivity index is 1.39. The van der Waals surface area contributed by atoms with Crippen molar-refractivity contribution < 1.29 is 9.21 Å². The molecule has 1 unspecified atom stereocenters. The van der Waals surface area contributed by atoms with Crippen LogP contribution in [0.15, 0.2) is 52.9 Å². The molecule has 1 aliphatic rings. The summed E-state index contributed by atoms with van der Waals surface area (Å²) in [5.74, 6) is 2.45. The molecule has 4 heterocycles. The molecule has 1 N–H and O–H groups in total. The van der Waals surface area contributed by atoms with E-state index in [0.29, 0.717) is 5.56 Å². The molecule has 0 fully saturated rings. The molecular weight excluding hydrogens is 380 g/mol. The van der Waals surface area contributed by atoms with Crippen LogP contribution in [0.1, 0.15) is 47.7 Å². The highest BCUT2D eigenvalue weighted by Crippen LogP contribution is 2.17. The molecule has 0 saturated carbocycles. The summed E-state index contributed by atoms with van der Waals surface area (Å²) in [5.41, 5.74) is 1.78. The molecule has 0 saturated heterocycles. The van der Waals surface area contributed by atoms with Gasteiger partial charge < -0.3 is 14.3 Å². The minimum atomic E-state index is -0.244. The van der Waals surface area contributed by atoms with Crippen molar-refractivity contribution in [1.82, 2.24) is 30.0 Å². The van der Waals surface area contributed by atoms with Gasteiger partial charge in [0.2, 0.25) is 0 Å². The van der Waals surface area contributed by atoms with Crippen molar-refractivity contribution in [2.24, 2.45) is 0 Å². The van der Waals surface area contributed by atoms with Gasteiger partial charge in [-0.2, -0.15) is 0 Å². The predicted molar refractivity (Wildman–Crippen MR) is 113 cm³/mol. The Kier molecular flexibility index (Phi) is 6.04. The number of carbonyl (C=O) groups is 1. The minimum Gasteiger partial charge on any atom is -0.465 e. The van der Waals surface area contributed by atoms with E-state index in [4.69, 9.17) is 4.42 Å². The number of pyridine rings is 1. The molecule has 0 radical (unpaired) electrons. The van der Waals surface area contributed by atoms with E-state index in [2.05, 4.69) is 43.0 Å². The molecule has 8 heteroatoms. The van der Waals surface area contributed by atoms with Gasteiger partial charge in [0.15, 0.2) is 5.82 Å². The molecule has 3 aromatic heterocycles. The zero-order valence-electron chi connectivity index (χ0n) is 17.3. The lowest BCUT2D eigenvalue weighted by Gasteiger charge is -2.20. The molecule has 1 amide bonds. The molecular formula is C22H26N6O2. The molecule has 8 nitrogen and oxygen atoms in total. The van der Waals surface area contributed by atoms with Crippen LogP contribution in [0.25, 0.3) is 6.08 Å². The summed E-state index contributed by atoms with van der Waals surface area (Å²) in [6.45, 7) is 7.53. The number of carbonyl (C=O) groups excluding carboxylic acids is 1. The van der Waals surface area contributed by atoms with Crippen molar-refractivity contribution in [2.45, 2.75) is 32.9 Å². The van der Waals surface area contributed by atoms with Crippen LogP contribution in [0.4, 0.5) is 0 Å². The number of rotatable bonds is 6. The van der Waals surface area contributed by atoms with Gasteiger partial charge in [-0.3, -0.25) is 14.7 Å². The van der Waals surface area contributed by atoms with Gasteiger partial charge >= 0.3 is 0 Å². The van der Waals surface area contributed by atoms with Gasteiger partial charge in [-0.15, -0.1) is 10.2 Å². The lowest BCUT2D eigenvalue weighted by molar-refractivity contribution is 0.0937. The Hall–Kier alpha value is -3.26. The number of fused-ring (bicyclic) bond motifs is 1. The van der Waals surface area contributed by atoms with Gasteiger partial charge in [-0.1, -0.05) is 5.57 Å². The molecule has 3 aromatic rings. The van der Waals surface area contributed by atoms with Crippen molar-refractivity contribution in [2.75, 3.05) is 19.6 Å². The second kappa shape index (κ2) is 9.04. The number of nitrogens with one attached hydrogen (secondary N) is 1. The summed E-state index contributed by atoms with van der Waals surface area (Å²) in [4.78, 5) is 18.9. The van der Waals surface area contributed by atoms with E-state index < -0.39 is 0 Å². The first-order valence-electron chi connectivity index (χ1n) is 10.2. The van der Waals surface area contributed by atoms with Gasteiger partial charge in [0.05, 0.1) is 17.9 Å². The molecule has 1 aliphatic heterocycles. The van der Waals surface area contributed by atoms with Crippen molar-refractivity contribution in [3.63, 3.8) is 0 Å². The fourth-order valence-corrected chi connectivity index (χ4v) is 3.72. The number of hydrogen-bond acceptors (Lipinski definition) is 6. The van der Waals surface area contributed by atoms with Gasteiger partial charge in [-0.05, 0) is 44.2 Å². The minimum absolute atomic E-state index is 0.165. The van der Waals surface area contributed by atoms with E-state index in [0.717, 1.165) is 50.0 Å². The smallest absolute Gasteiger partial charge is 0.253 e. The Morgan fingerprint density at radius 1 is 1.27 bits per heavy atom. The maximum absolute atomic E-state index is 12.5. The van der Waals surface area contributed by atoms with Gasteiger partial charge in [0.1, 0.15) is 11.6 Å². The highest BCUT2D eigenvalue weighted by atomic mass is 16.3. The number of nitrogens with zero attached hydrogens (tertiary/aromatic N) is 5. The van der Waals surface area contributed by atoms with Crippen LogP contribution in [-0.2, 0) is 13.0 Å². The average molecular weight is 406 g/mol. The highest BCUT2D eigenvalue weighted by Gasteiger charge is 2.23. The van der Waals surface area contributed by atoms with E-state index in [9.17, 15) is 4.79 Å². The molecule has 30 heavy (non-hydrogen) atoms. The van der Waals surface area contributed by atoms with Gasteiger partial charge in [0.25, 0.3) is 5.91 Å². The number of hydrogen-bond donors (Lipinski definition) is 1. The first kappa shape index (κ1) is 20.0. The molecule has 0 aromatic carbocycles. The van der Waals surface area contributed by atoms with E-state index in [1.807, 2.05) is 19.1 Å². The monoisotopic (exact) mass is 406 g/mol. The first-order chi connectivity index (χ1) is 14.6. The topological polar surface area (TPSA) is 89.1 Å². The summed E-state index contributed by atoms with van der Waals surface area (Å²) in [6, 6.07) is 7.11. The largest absolute Gasteiger partial charge is 0.465 e. The third-order valence-electron chi connectivity index (χ3n) is 5.21. The van der Waals surface area contributed by atoms with Gasteiger partial charge in [0, 0.05) is 45.0 Å². The second-order valence-electron chi connectivity index (χ2n) is 7.60. The fourth-order valence-electron chi connectivity index (χ4n) is 3.72. The Bertz CT molecular complexity index is 1010. The summed E-state index contributed by atoms with van der Waals surface area (Å²) in [7, 11) is 0. The maximum atomic E-state index is 12.5. The van der Waals surface area contributed by atoms with Crippen LogP contribution in [0, 0.1) is 0 Å². The Morgan fingerprint density at radius 3 is 2.93 bits per heavy atom. The van der Waals surface area contributed by atoms with E-state index in [1.54, 1.807) is 30.8 Å². The lowest BCUT2D eigenvalue weighted by atomic mass is 10.2. The standard InChI is InChI=1S/C22H26N6O2/c1-16(13-19-6-4-12-30-19)15-27-9-7-20-25-26-21(28(20)11-10-27)17(2)24-22(29)18-5-3-8-23-14-18/h3-6,8,12-14,17H,7,9-11,15H2,1-2H3,(H,24,29). The predicted octanol–water partition coefficient (Wildman–Crippen LogP) is 2.72. The van der Waals surface area contributed by atoms with E-state index in [1.165, 1.54) is 5.57 Å². The normalized spacial score (nSPS) is 16.0. The summed E-state index contributed by atoms with van der Waals surface area (Å²) >= 11 is 0. The van der Waals surface area contributed by atoms with Crippen LogP contribution < -0.4 is 5.32 Å². The highest BCUT2D eigenvalue weighted by molar-refractivity contribution is 5.94. The molecule has 0 spiro atoms. The Labute approximate surface area is 175 Å². The average Bonchev–Trinajstić information content (AvgIpc) is 3.36. The van der Waals surface area contributed by atoms with Crippen LogP contribution in [-0.4, -0.2) is 50.2 Å². The summed E-state index contributed by atoms with van der Waals surface area (Å²) in [6.07, 6.45) is 7.79. The third kappa shape index (κ3) is 4.65. The van der Waals surface area contributed by atoms with Crippen LogP contribution in [0.2, 0.25) is 0 Å². The molecule has 0 aliphatic carbocycles. The van der Waals surface area contributed by atoms with E-state index in [-0.39, 0.29) is 11.9 Å². The number of aromatic nitrogens is 4. The second-order valence-corrected chi connectivity index (χ2v) is 7.60. The zero-order valence-corrected chi connectivity index (χ0v) is 17.3. The molecule has 156 valence electrons. The van der Waals surface area contributed by atoms with Crippen molar-refractivity contribution in [1.29, 1.82) is 0 Å². The Morgan fingerprint density at radius 2 is 2.17 bits per heavy atom. The molecule has 4 rings (SSSR count). The lowest BCUT2D eigenvalue weighted by Crippen LogP contribution is -2.31. The molecule has 1 atom stereocenters. The van der Waals surface area contributed by atoms with Crippen LogP contribution in [0.3, 0.4) is 0 Å². The van der Waals surface area contributed by atoms with Crippen molar-refractivity contribution in [3.8, 4) is 0 Å². The fraction of sp³-hybridized carbons (Fsp3) is 0.364. The SMILES string of the molecule is CC(=Cc1ccco1)CN1CCc2nnc(C(C)NC(=O)c3cccnc3)n2CC1. The maximum Gasteiger partial charge on any atom is 0.253 e. The third-order valence-corrected chi connectivity index (χ3v) is 5.21. The van der Waals surface area contributed by atoms with Gasteiger partial charge in [-0.25, -0.2) is 0 Å². The summed E-state index contributed by atoms with van der Waals surface area (Å²) in [5, 5.41) is 11.7. The van der Waals surface area contributed by atoms with E-state index >= 15 is 0 Å². The zero-order chi connectivity index (χ0) is 20.9. The quantitative estimate of drug-likeness (QED) is 0.677. The van der Waals surface area contributed by atoms with Crippen molar-refractivity contribution >= 4 is 12.0 Å². The van der Waals surface area contributed by atoms with Crippen LogP contribution in [0.5, 0.6) is 0 Å². The summed E-state index contributed by atoms with van der Waals surface area (Å²) < 4.78 is 7.54. The van der Waals surface area contributed by atoms with Crippen LogP contribution >= 0.6 is 0 Å². The van der Waals surface area contributed by atoms with Crippen molar-refractivity contribution in [3.05, 3.63) is 71.5 Å². The number of furan rings is 1.